The summed E-state index contributed by atoms with van der Waals surface area (Å²) in [7, 11) is 1.51. The molecule has 0 spiro atoms. The van der Waals surface area contributed by atoms with E-state index in [1.54, 1.807) is 6.92 Å². The molecular formula is C14H19FO3. The first-order valence-electron chi connectivity index (χ1n) is 6.14. The van der Waals surface area contributed by atoms with E-state index in [2.05, 4.69) is 0 Å². The molecule has 0 aliphatic rings. The van der Waals surface area contributed by atoms with Crippen LogP contribution >= 0.6 is 0 Å². The Morgan fingerprint density at radius 3 is 2.72 bits per heavy atom. The van der Waals surface area contributed by atoms with Crippen LogP contribution in [0.15, 0.2) is 18.2 Å². The third-order valence-electron chi connectivity index (χ3n) is 2.57. The summed E-state index contributed by atoms with van der Waals surface area (Å²) in [4.78, 5) is 11.1. The van der Waals surface area contributed by atoms with E-state index < -0.39 is 0 Å². The summed E-state index contributed by atoms with van der Waals surface area (Å²) in [5.74, 6) is 0.0551. The fraction of sp³-hybridized carbons (Fsp3) is 0.500. The first kappa shape index (κ1) is 14.5. The third-order valence-corrected chi connectivity index (χ3v) is 2.57. The molecule has 3 nitrogen and oxygen atoms in total. The Morgan fingerprint density at radius 1 is 1.28 bits per heavy atom. The zero-order valence-corrected chi connectivity index (χ0v) is 10.9. The second kappa shape index (κ2) is 7.69. The lowest BCUT2D eigenvalue weighted by atomic mass is 10.1. The van der Waals surface area contributed by atoms with Crippen LogP contribution in [0, 0.1) is 5.82 Å². The number of hydrogen-bond donors (Lipinski definition) is 0. The van der Waals surface area contributed by atoms with Crippen molar-refractivity contribution < 1.29 is 18.7 Å². The average molecular weight is 254 g/mol. The van der Waals surface area contributed by atoms with Gasteiger partial charge in [-0.15, -0.1) is 0 Å². The minimum absolute atomic E-state index is 0.172. The molecular weight excluding hydrogens is 235 g/mol. The van der Waals surface area contributed by atoms with Crippen molar-refractivity contribution in [2.45, 2.75) is 32.6 Å². The second-order valence-corrected chi connectivity index (χ2v) is 4.01. The normalized spacial score (nSPS) is 10.2. The molecule has 0 atom stereocenters. The molecule has 0 heterocycles. The topological polar surface area (TPSA) is 35.5 Å². The number of unbranched alkanes of at least 4 members (excludes halogenated alkanes) is 1. The highest BCUT2D eigenvalue weighted by molar-refractivity contribution is 5.69. The number of hydrogen-bond acceptors (Lipinski definition) is 3. The molecule has 0 amide bonds. The number of benzene rings is 1. The Kier molecular flexibility index (Phi) is 6.19. The number of esters is 1. The van der Waals surface area contributed by atoms with E-state index in [1.165, 1.54) is 19.2 Å². The van der Waals surface area contributed by atoms with Crippen LogP contribution in [-0.4, -0.2) is 19.7 Å². The number of carbonyl (C=O) groups is 1. The monoisotopic (exact) mass is 254 g/mol. The zero-order chi connectivity index (χ0) is 13.4. The molecule has 0 fully saturated rings. The lowest BCUT2D eigenvalue weighted by Crippen LogP contribution is -2.03. The zero-order valence-electron chi connectivity index (χ0n) is 10.9. The van der Waals surface area contributed by atoms with Gasteiger partial charge in [0.25, 0.3) is 0 Å². The smallest absolute Gasteiger partial charge is 0.305 e. The summed E-state index contributed by atoms with van der Waals surface area (Å²) in [5.41, 5.74) is 0.885. The Labute approximate surface area is 107 Å². The van der Waals surface area contributed by atoms with Crippen molar-refractivity contribution in [2.24, 2.45) is 0 Å². The summed E-state index contributed by atoms with van der Waals surface area (Å²) in [6, 6.07) is 4.66. The van der Waals surface area contributed by atoms with Gasteiger partial charge in [-0.05, 0) is 43.9 Å². The maximum absolute atomic E-state index is 13.2. The molecule has 0 radical (unpaired) electrons. The molecule has 0 unspecified atom stereocenters. The van der Waals surface area contributed by atoms with Crippen molar-refractivity contribution >= 4 is 5.97 Å². The van der Waals surface area contributed by atoms with E-state index in [9.17, 15) is 9.18 Å². The standard InChI is InChI=1S/C14H19FO3/c1-3-18-14(16)7-5-4-6-11-8-12(15)10-13(9-11)17-2/h8-10H,3-7H2,1-2H3. The molecule has 1 aromatic rings. The van der Waals surface area contributed by atoms with E-state index in [-0.39, 0.29) is 11.8 Å². The highest BCUT2D eigenvalue weighted by Crippen LogP contribution is 2.17. The van der Waals surface area contributed by atoms with Crippen LogP contribution in [-0.2, 0) is 16.0 Å². The molecule has 0 aromatic heterocycles. The first-order chi connectivity index (χ1) is 8.65. The largest absolute Gasteiger partial charge is 0.497 e. The lowest BCUT2D eigenvalue weighted by molar-refractivity contribution is -0.143. The third kappa shape index (κ3) is 5.17. The Balaban J connectivity index is 2.35. The second-order valence-electron chi connectivity index (χ2n) is 4.01. The van der Waals surface area contributed by atoms with Gasteiger partial charge < -0.3 is 9.47 Å². The molecule has 0 aliphatic carbocycles. The lowest BCUT2D eigenvalue weighted by Gasteiger charge is -2.05. The summed E-state index contributed by atoms with van der Waals surface area (Å²) in [6.45, 7) is 2.21. The predicted molar refractivity (Wildman–Crippen MR) is 67.1 cm³/mol. The fourth-order valence-corrected chi connectivity index (χ4v) is 1.71. The molecule has 0 aliphatic heterocycles. The van der Waals surface area contributed by atoms with E-state index in [0.717, 1.165) is 24.8 Å². The van der Waals surface area contributed by atoms with E-state index >= 15 is 0 Å². The molecule has 4 heteroatoms. The van der Waals surface area contributed by atoms with E-state index in [0.29, 0.717) is 18.8 Å². The van der Waals surface area contributed by atoms with Crippen molar-refractivity contribution in [2.75, 3.05) is 13.7 Å². The van der Waals surface area contributed by atoms with Gasteiger partial charge >= 0.3 is 5.97 Å². The van der Waals surface area contributed by atoms with Crippen LogP contribution in [0.3, 0.4) is 0 Å². The molecule has 0 bridgehead atoms. The van der Waals surface area contributed by atoms with Crippen LogP contribution < -0.4 is 4.74 Å². The van der Waals surface area contributed by atoms with Crippen LogP contribution in [0.4, 0.5) is 4.39 Å². The Bertz CT molecular complexity index is 391. The summed E-state index contributed by atoms with van der Waals surface area (Å²) in [5, 5.41) is 0. The van der Waals surface area contributed by atoms with Gasteiger partial charge in [0.1, 0.15) is 11.6 Å². The van der Waals surface area contributed by atoms with Gasteiger partial charge in [0.2, 0.25) is 0 Å². The van der Waals surface area contributed by atoms with Gasteiger partial charge in [0.15, 0.2) is 0 Å². The van der Waals surface area contributed by atoms with Gasteiger partial charge in [-0.1, -0.05) is 0 Å². The first-order valence-corrected chi connectivity index (χ1v) is 6.14. The number of ether oxygens (including phenoxy) is 2. The van der Waals surface area contributed by atoms with Gasteiger partial charge in [-0.3, -0.25) is 4.79 Å². The molecule has 18 heavy (non-hydrogen) atoms. The van der Waals surface area contributed by atoms with Crippen molar-refractivity contribution in [1.29, 1.82) is 0 Å². The summed E-state index contributed by atoms with van der Waals surface area (Å²) >= 11 is 0. The number of rotatable bonds is 7. The number of methoxy groups -OCH3 is 1. The maximum atomic E-state index is 13.2. The van der Waals surface area contributed by atoms with Crippen LogP contribution in [0.1, 0.15) is 31.7 Å². The van der Waals surface area contributed by atoms with Crippen LogP contribution in [0.25, 0.3) is 0 Å². The number of carbonyl (C=O) groups excluding carboxylic acids is 1. The van der Waals surface area contributed by atoms with Crippen molar-refractivity contribution in [3.63, 3.8) is 0 Å². The van der Waals surface area contributed by atoms with Crippen LogP contribution in [0.2, 0.25) is 0 Å². The quantitative estimate of drug-likeness (QED) is 0.554. The summed E-state index contributed by atoms with van der Waals surface area (Å²) in [6.07, 6.45) is 2.72. The van der Waals surface area contributed by atoms with Crippen molar-refractivity contribution in [3.8, 4) is 5.75 Å². The highest BCUT2D eigenvalue weighted by atomic mass is 19.1. The molecule has 1 aromatic carbocycles. The van der Waals surface area contributed by atoms with E-state index in [1.807, 2.05) is 6.07 Å². The molecule has 100 valence electrons. The minimum atomic E-state index is -0.297. The molecule has 1 rings (SSSR count). The van der Waals surface area contributed by atoms with Crippen LogP contribution in [0.5, 0.6) is 5.75 Å². The predicted octanol–water partition coefficient (Wildman–Crippen LogP) is 3.11. The summed E-state index contributed by atoms with van der Waals surface area (Å²) < 4.78 is 23.0. The highest BCUT2D eigenvalue weighted by Gasteiger charge is 2.03. The van der Waals surface area contributed by atoms with Crippen molar-refractivity contribution in [3.05, 3.63) is 29.6 Å². The number of aryl methyl sites for hydroxylation is 1. The number of halogens is 1. The van der Waals surface area contributed by atoms with Gasteiger partial charge in [-0.2, -0.15) is 0 Å². The van der Waals surface area contributed by atoms with Gasteiger partial charge in [0, 0.05) is 12.5 Å². The van der Waals surface area contributed by atoms with Gasteiger partial charge in [0.05, 0.1) is 13.7 Å². The molecule has 0 saturated carbocycles. The Hall–Kier alpha value is -1.58. The maximum Gasteiger partial charge on any atom is 0.305 e. The average Bonchev–Trinajstić information content (AvgIpc) is 2.34. The van der Waals surface area contributed by atoms with Crippen molar-refractivity contribution in [1.82, 2.24) is 0 Å². The van der Waals surface area contributed by atoms with Gasteiger partial charge in [-0.25, -0.2) is 4.39 Å². The fourth-order valence-electron chi connectivity index (χ4n) is 1.71. The molecule has 0 N–H and O–H groups in total. The minimum Gasteiger partial charge on any atom is -0.497 e. The Morgan fingerprint density at radius 2 is 2.06 bits per heavy atom. The van der Waals surface area contributed by atoms with E-state index in [4.69, 9.17) is 9.47 Å². The molecule has 0 saturated heterocycles. The SMILES string of the molecule is CCOC(=O)CCCCc1cc(F)cc(OC)c1.